The summed E-state index contributed by atoms with van der Waals surface area (Å²) < 4.78 is 0. The molecule has 1 fully saturated rings. The summed E-state index contributed by atoms with van der Waals surface area (Å²) in [5.41, 5.74) is 0.531. The summed E-state index contributed by atoms with van der Waals surface area (Å²) in [5.74, 6) is -0.526. The average Bonchev–Trinajstić information content (AvgIpc) is 2.55. The van der Waals surface area contributed by atoms with Gasteiger partial charge in [-0.1, -0.05) is 44.9 Å². The van der Waals surface area contributed by atoms with Crippen molar-refractivity contribution in [3.63, 3.8) is 0 Å². The van der Waals surface area contributed by atoms with E-state index in [-0.39, 0.29) is 23.8 Å². The fourth-order valence-corrected chi connectivity index (χ4v) is 2.90. The van der Waals surface area contributed by atoms with E-state index in [1.54, 1.807) is 24.3 Å². The lowest BCUT2D eigenvalue weighted by molar-refractivity contribution is -0.125. The second-order valence-corrected chi connectivity index (χ2v) is 6.53. The number of amides is 2. The first-order chi connectivity index (χ1) is 11.0. The molecule has 0 aromatic heterocycles. The van der Waals surface area contributed by atoms with Crippen LogP contribution in [0.3, 0.4) is 0 Å². The van der Waals surface area contributed by atoms with Crippen LogP contribution >= 0.6 is 0 Å². The molecular weight excluding hydrogens is 292 g/mol. The van der Waals surface area contributed by atoms with Gasteiger partial charge in [0.05, 0.1) is 12.1 Å². The van der Waals surface area contributed by atoms with Gasteiger partial charge in [0.1, 0.15) is 6.04 Å². The van der Waals surface area contributed by atoms with E-state index in [1.807, 2.05) is 19.9 Å². The van der Waals surface area contributed by atoms with Crippen molar-refractivity contribution < 1.29 is 14.7 Å². The van der Waals surface area contributed by atoms with E-state index < -0.39 is 12.1 Å². The molecule has 23 heavy (non-hydrogen) atoms. The first-order valence-corrected chi connectivity index (χ1v) is 8.33. The number of carbonyl (C=O) groups is 2. The molecule has 1 saturated carbocycles. The Morgan fingerprint density at radius 1 is 1.13 bits per heavy atom. The fourth-order valence-electron chi connectivity index (χ4n) is 2.90. The molecule has 0 spiro atoms. The molecule has 0 saturated heterocycles. The number of benzene rings is 1. The molecule has 0 bridgehead atoms. The molecule has 1 aliphatic carbocycles. The third-order valence-electron chi connectivity index (χ3n) is 4.33. The zero-order chi connectivity index (χ0) is 16.8. The monoisotopic (exact) mass is 318 g/mol. The van der Waals surface area contributed by atoms with Gasteiger partial charge in [-0.2, -0.15) is 0 Å². The predicted octanol–water partition coefficient (Wildman–Crippen LogP) is 1.86. The van der Waals surface area contributed by atoms with E-state index in [0.717, 1.165) is 19.3 Å². The summed E-state index contributed by atoms with van der Waals surface area (Å²) in [7, 11) is 0. The maximum Gasteiger partial charge on any atom is 0.251 e. The highest BCUT2D eigenvalue weighted by molar-refractivity contribution is 5.97. The molecule has 5 heteroatoms. The van der Waals surface area contributed by atoms with Crippen molar-refractivity contribution in [1.29, 1.82) is 0 Å². The van der Waals surface area contributed by atoms with E-state index in [9.17, 15) is 14.7 Å². The minimum absolute atomic E-state index is 0.0385. The number of hydrogen-bond donors (Lipinski definition) is 3. The van der Waals surface area contributed by atoms with Crippen LogP contribution in [-0.2, 0) is 4.79 Å². The van der Waals surface area contributed by atoms with E-state index in [0.29, 0.717) is 12.0 Å². The van der Waals surface area contributed by atoms with Crippen LogP contribution in [0.2, 0.25) is 0 Å². The third-order valence-corrected chi connectivity index (χ3v) is 4.33. The Morgan fingerprint density at radius 3 is 2.39 bits per heavy atom. The number of nitrogens with one attached hydrogen (secondary N) is 2. The standard InChI is InChI=1S/C18H26N2O3/c1-12(2)16(20-17(22)13-8-4-3-5-9-13)18(23)19-14-10-6-7-11-15(14)21/h3-5,8-9,12,14-16,21H,6-7,10-11H2,1-2H3,(H,19,23)(H,20,22). The van der Waals surface area contributed by atoms with E-state index >= 15 is 0 Å². The predicted molar refractivity (Wildman–Crippen MR) is 88.9 cm³/mol. The molecule has 3 N–H and O–H groups in total. The highest BCUT2D eigenvalue weighted by atomic mass is 16.3. The van der Waals surface area contributed by atoms with Gasteiger partial charge in [0.25, 0.3) is 5.91 Å². The van der Waals surface area contributed by atoms with Crippen LogP contribution in [0.5, 0.6) is 0 Å². The summed E-state index contributed by atoms with van der Waals surface area (Å²) in [6, 6.07) is 8.02. The van der Waals surface area contributed by atoms with Gasteiger partial charge in [0.15, 0.2) is 0 Å². The van der Waals surface area contributed by atoms with Gasteiger partial charge in [0, 0.05) is 5.56 Å². The smallest absolute Gasteiger partial charge is 0.251 e. The Kier molecular flexibility index (Phi) is 6.16. The highest BCUT2D eigenvalue weighted by Crippen LogP contribution is 2.18. The van der Waals surface area contributed by atoms with Crippen LogP contribution in [-0.4, -0.2) is 35.1 Å². The Hall–Kier alpha value is -1.88. The average molecular weight is 318 g/mol. The van der Waals surface area contributed by atoms with Gasteiger partial charge in [-0.3, -0.25) is 9.59 Å². The first kappa shape index (κ1) is 17.5. The normalized spacial score (nSPS) is 22.4. The van der Waals surface area contributed by atoms with Crippen LogP contribution < -0.4 is 10.6 Å². The van der Waals surface area contributed by atoms with E-state index in [1.165, 1.54) is 0 Å². The summed E-state index contributed by atoms with van der Waals surface area (Å²) in [5, 5.41) is 15.7. The Morgan fingerprint density at radius 2 is 1.78 bits per heavy atom. The second-order valence-electron chi connectivity index (χ2n) is 6.53. The quantitative estimate of drug-likeness (QED) is 0.775. The van der Waals surface area contributed by atoms with Gasteiger partial charge in [-0.15, -0.1) is 0 Å². The maximum atomic E-state index is 12.5. The molecule has 3 atom stereocenters. The first-order valence-electron chi connectivity index (χ1n) is 8.33. The molecule has 0 radical (unpaired) electrons. The summed E-state index contributed by atoms with van der Waals surface area (Å²) in [4.78, 5) is 24.8. The molecule has 1 aliphatic rings. The highest BCUT2D eigenvalue weighted by Gasteiger charge is 2.30. The van der Waals surface area contributed by atoms with Crippen molar-refractivity contribution in [2.45, 2.75) is 57.7 Å². The van der Waals surface area contributed by atoms with Crippen molar-refractivity contribution in [3.05, 3.63) is 35.9 Å². The molecule has 2 amide bonds. The summed E-state index contributed by atoms with van der Waals surface area (Å²) >= 11 is 0. The number of carbonyl (C=O) groups excluding carboxylic acids is 2. The lowest BCUT2D eigenvalue weighted by Gasteiger charge is -2.31. The van der Waals surface area contributed by atoms with Gasteiger partial charge in [0.2, 0.25) is 5.91 Å². The molecule has 0 heterocycles. The number of aliphatic hydroxyl groups is 1. The van der Waals surface area contributed by atoms with Crippen molar-refractivity contribution >= 4 is 11.8 Å². The topological polar surface area (TPSA) is 78.4 Å². The number of hydrogen-bond acceptors (Lipinski definition) is 3. The van der Waals surface area contributed by atoms with E-state index in [4.69, 9.17) is 0 Å². The van der Waals surface area contributed by atoms with Gasteiger partial charge in [-0.05, 0) is 30.9 Å². The van der Waals surface area contributed by atoms with Crippen LogP contribution in [0.15, 0.2) is 30.3 Å². The van der Waals surface area contributed by atoms with Crippen molar-refractivity contribution in [1.82, 2.24) is 10.6 Å². The minimum atomic E-state index is -0.614. The Bertz CT molecular complexity index is 530. The zero-order valence-electron chi connectivity index (χ0n) is 13.8. The summed E-state index contributed by atoms with van der Waals surface area (Å²) in [6.07, 6.45) is 3.00. The fraction of sp³-hybridized carbons (Fsp3) is 0.556. The molecular formula is C18H26N2O3. The van der Waals surface area contributed by atoms with Crippen LogP contribution in [0, 0.1) is 5.92 Å². The molecule has 1 aromatic rings. The van der Waals surface area contributed by atoms with Crippen LogP contribution in [0.4, 0.5) is 0 Å². The van der Waals surface area contributed by atoms with E-state index in [2.05, 4.69) is 10.6 Å². The van der Waals surface area contributed by atoms with Gasteiger partial charge in [-0.25, -0.2) is 0 Å². The molecule has 126 valence electrons. The van der Waals surface area contributed by atoms with Gasteiger partial charge >= 0.3 is 0 Å². The number of rotatable bonds is 5. The minimum Gasteiger partial charge on any atom is -0.391 e. The Balaban J connectivity index is 2.00. The number of aliphatic hydroxyl groups excluding tert-OH is 1. The maximum absolute atomic E-state index is 12.5. The lowest BCUT2D eigenvalue weighted by atomic mass is 9.92. The molecule has 3 unspecified atom stereocenters. The van der Waals surface area contributed by atoms with Crippen molar-refractivity contribution in [3.8, 4) is 0 Å². The Labute approximate surface area is 137 Å². The molecule has 2 rings (SSSR count). The molecule has 5 nitrogen and oxygen atoms in total. The van der Waals surface area contributed by atoms with Crippen LogP contribution in [0.25, 0.3) is 0 Å². The van der Waals surface area contributed by atoms with Crippen LogP contribution in [0.1, 0.15) is 49.9 Å². The van der Waals surface area contributed by atoms with Crippen molar-refractivity contribution in [2.75, 3.05) is 0 Å². The lowest BCUT2D eigenvalue weighted by Crippen LogP contribution is -2.55. The zero-order valence-corrected chi connectivity index (χ0v) is 13.8. The van der Waals surface area contributed by atoms with Crippen molar-refractivity contribution in [2.24, 2.45) is 5.92 Å². The van der Waals surface area contributed by atoms with Gasteiger partial charge < -0.3 is 15.7 Å². The third kappa shape index (κ3) is 4.79. The largest absolute Gasteiger partial charge is 0.391 e. The second kappa shape index (κ2) is 8.11. The SMILES string of the molecule is CC(C)C(NC(=O)c1ccccc1)C(=O)NC1CCCCC1O. The molecule has 0 aliphatic heterocycles. The molecule has 1 aromatic carbocycles. The summed E-state index contributed by atoms with van der Waals surface area (Å²) in [6.45, 7) is 3.79.